The van der Waals surface area contributed by atoms with Gasteiger partial charge in [0.1, 0.15) is 0 Å². The molecule has 3 nitrogen and oxygen atoms in total. The van der Waals surface area contributed by atoms with E-state index in [0.29, 0.717) is 15.9 Å². The van der Waals surface area contributed by atoms with Crippen LogP contribution in [0, 0.1) is 11.3 Å². The van der Waals surface area contributed by atoms with Gasteiger partial charge in [0.25, 0.3) is 0 Å². The van der Waals surface area contributed by atoms with Gasteiger partial charge in [0.05, 0.1) is 18.6 Å². The lowest BCUT2D eigenvalue weighted by molar-refractivity contribution is -0.148. The largest absolute Gasteiger partial charge is 0.466 e. The fourth-order valence-corrected chi connectivity index (χ4v) is 3.20. The smallest absolute Gasteiger partial charge is 0.309 e. The van der Waals surface area contributed by atoms with Gasteiger partial charge >= 0.3 is 5.97 Å². The first-order valence-corrected chi connectivity index (χ1v) is 8.00. The third-order valence-corrected chi connectivity index (χ3v) is 4.54. The van der Waals surface area contributed by atoms with Crippen LogP contribution in [0.3, 0.4) is 0 Å². The van der Waals surface area contributed by atoms with E-state index in [-0.39, 0.29) is 18.0 Å². The second-order valence-electron chi connectivity index (χ2n) is 6.16. The molecule has 4 heteroatoms. The molecule has 1 fully saturated rings. The molecule has 1 aliphatic carbocycles. The Hall–Kier alpha value is 0.160. The van der Waals surface area contributed by atoms with Crippen molar-refractivity contribution in [3.8, 4) is 0 Å². The Morgan fingerprint density at radius 3 is 2.56 bits per heavy atom. The lowest BCUT2D eigenvalue weighted by Gasteiger charge is -2.21. The summed E-state index contributed by atoms with van der Waals surface area (Å²) in [6, 6.07) is 0. The van der Waals surface area contributed by atoms with E-state index in [0.717, 1.165) is 25.9 Å². The molecule has 0 aromatic carbocycles. The van der Waals surface area contributed by atoms with Gasteiger partial charge < -0.3 is 9.47 Å². The van der Waals surface area contributed by atoms with Crippen molar-refractivity contribution in [2.45, 2.75) is 57.0 Å². The van der Waals surface area contributed by atoms with E-state index in [4.69, 9.17) is 9.47 Å². The van der Waals surface area contributed by atoms with E-state index in [9.17, 15) is 4.79 Å². The molecule has 0 bridgehead atoms. The predicted molar refractivity (Wildman–Crippen MR) is 81.0 cm³/mol. The number of hydrogen-bond donors (Lipinski definition) is 0. The minimum atomic E-state index is -0.0545. The molecule has 0 aliphatic heterocycles. The molecule has 0 aromatic rings. The molecule has 0 saturated heterocycles. The number of alkyl halides is 1. The number of halogens is 1. The van der Waals surface area contributed by atoms with Gasteiger partial charge in [-0.2, -0.15) is 0 Å². The first-order chi connectivity index (χ1) is 8.33. The van der Waals surface area contributed by atoms with Crippen molar-refractivity contribution < 1.29 is 14.3 Å². The van der Waals surface area contributed by atoms with Crippen molar-refractivity contribution in [1.29, 1.82) is 0 Å². The van der Waals surface area contributed by atoms with Crippen LogP contribution in [0.15, 0.2) is 0 Å². The molecule has 106 valence electrons. The molecule has 0 radical (unpaired) electrons. The summed E-state index contributed by atoms with van der Waals surface area (Å²) in [4.78, 5) is 11.7. The van der Waals surface area contributed by atoms with E-state index < -0.39 is 0 Å². The van der Waals surface area contributed by atoms with Crippen LogP contribution in [0.2, 0.25) is 0 Å². The molecule has 0 N–H and O–H groups in total. The van der Waals surface area contributed by atoms with E-state index in [2.05, 4.69) is 43.4 Å². The van der Waals surface area contributed by atoms with E-state index >= 15 is 0 Å². The van der Waals surface area contributed by atoms with Gasteiger partial charge in [-0.05, 0) is 31.6 Å². The van der Waals surface area contributed by atoms with Crippen LogP contribution in [0.4, 0.5) is 0 Å². The summed E-state index contributed by atoms with van der Waals surface area (Å²) in [5.74, 6) is -0.0208. The average molecular weight is 368 g/mol. The predicted octanol–water partition coefficient (Wildman–Crippen LogP) is 3.58. The SMILES string of the molecule is CCOC(=O)C1CC(I)C(OCCC(C)(C)C)C1. The van der Waals surface area contributed by atoms with Crippen LogP contribution >= 0.6 is 22.6 Å². The number of carbonyl (C=O) groups excluding carboxylic acids is 1. The summed E-state index contributed by atoms with van der Waals surface area (Å²) < 4.78 is 11.4. The monoisotopic (exact) mass is 368 g/mol. The molecule has 1 rings (SSSR count). The number of hydrogen-bond acceptors (Lipinski definition) is 3. The molecule has 0 amide bonds. The van der Waals surface area contributed by atoms with Crippen LogP contribution < -0.4 is 0 Å². The van der Waals surface area contributed by atoms with E-state index in [1.807, 2.05) is 6.92 Å². The molecular formula is C14H25IO3. The number of ether oxygens (including phenoxy) is 2. The van der Waals surface area contributed by atoms with Gasteiger partial charge in [-0.1, -0.05) is 43.4 Å². The Morgan fingerprint density at radius 2 is 2.00 bits per heavy atom. The summed E-state index contributed by atoms with van der Waals surface area (Å²) in [6.45, 7) is 9.75. The minimum absolute atomic E-state index is 0.0338. The van der Waals surface area contributed by atoms with Crippen LogP contribution in [-0.2, 0) is 14.3 Å². The van der Waals surface area contributed by atoms with Crippen molar-refractivity contribution in [3.05, 3.63) is 0 Å². The summed E-state index contributed by atoms with van der Waals surface area (Å²) in [7, 11) is 0. The first-order valence-electron chi connectivity index (χ1n) is 6.76. The Balaban J connectivity index is 2.33. The summed E-state index contributed by atoms with van der Waals surface area (Å²) in [5, 5.41) is 0. The highest BCUT2D eigenvalue weighted by molar-refractivity contribution is 14.1. The van der Waals surface area contributed by atoms with Gasteiger partial charge in [-0.15, -0.1) is 0 Å². The summed E-state index contributed by atoms with van der Waals surface area (Å²) in [6.07, 6.45) is 2.97. The average Bonchev–Trinajstić information content (AvgIpc) is 2.59. The molecule has 3 unspecified atom stereocenters. The molecule has 1 aliphatic rings. The molecule has 0 aromatic heterocycles. The van der Waals surface area contributed by atoms with E-state index in [1.54, 1.807) is 0 Å². The van der Waals surface area contributed by atoms with Crippen molar-refractivity contribution in [1.82, 2.24) is 0 Å². The zero-order chi connectivity index (χ0) is 13.8. The zero-order valence-corrected chi connectivity index (χ0v) is 14.0. The molecule has 0 spiro atoms. The normalized spacial score (nSPS) is 28.4. The molecular weight excluding hydrogens is 343 g/mol. The fraction of sp³-hybridized carbons (Fsp3) is 0.929. The topological polar surface area (TPSA) is 35.5 Å². The van der Waals surface area contributed by atoms with Crippen LogP contribution in [-0.4, -0.2) is 29.2 Å². The summed E-state index contributed by atoms with van der Waals surface area (Å²) in [5.41, 5.74) is 0.305. The van der Waals surface area contributed by atoms with Crippen molar-refractivity contribution in [2.75, 3.05) is 13.2 Å². The Labute approximate surface area is 124 Å². The highest BCUT2D eigenvalue weighted by atomic mass is 127. The third kappa shape index (κ3) is 5.43. The highest BCUT2D eigenvalue weighted by Gasteiger charge is 2.37. The zero-order valence-electron chi connectivity index (χ0n) is 11.9. The second-order valence-corrected chi connectivity index (χ2v) is 7.76. The van der Waals surface area contributed by atoms with Crippen LogP contribution in [0.5, 0.6) is 0 Å². The Bertz CT molecular complexity index is 273. The lowest BCUT2D eigenvalue weighted by Crippen LogP contribution is -2.21. The number of rotatable bonds is 5. The third-order valence-electron chi connectivity index (χ3n) is 3.23. The fourth-order valence-electron chi connectivity index (χ4n) is 2.09. The van der Waals surface area contributed by atoms with Gasteiger partial charge in [-0.3, -0.25) is 4.79 Å². The summed E-state index contributed by atoms with van der Waals surface area (Å²) >= 11 is 2.40. The molecule has 18 heavy (non-hydrogen) atoms. The Morgan fingerprint density at radius 1 is 1.33 bits per heavy atom. The lowest BCUT2D eigenvalue weighted by atomic mass is 9.93. The van der Waals surface area contributed by atoms with Gasteiger partial charge in [-0.25, -0.2) is 0 Å². The van der Waals surface area contributed by atoms with E-state index in [1.165, 1.54) is 0 Å². The maximum absolute atomic E-state index is 11.7. The molecule has 3 atom stereocenters. The Kier molecular flexibility index (Phi) is 6.38. The van der Waals surface area contributed by atoms with Crippen LogP contribution in [0.1, 0.15) is 47.0 Å². The van der Waals surface area contributed by atoms with Crippen molar-refractivity contribution in [3.63, 3.8) is 0 Å². The second kappa shape index (κ2) is 7.08. The van der Waals surface area contributed by atoms with Crippen molar-refractivity contribution in [2.24, 2.45) is 11.3 Å². The molecule has 1 saturated carbocycles. The highest BCUT2D eigenvalue weighted by Crippen LogP contribution is 2.35. The van der Waals surface area contributed by atoms with Gasteiger partial charge in [0.2, 0.25) is 0 Å². The van der Waals surface area contributed by atoms with Gasteiger partial charge in [0.15, 0.2) is 0 Å². The van der Waals surface area contributed by atoms with Gasteiger partial charge in [0, 0.05) is 10.5 Å². The van der Waals surface area contributed by atoms with Crippen molar-refractivity contribution >= 4 is 28.6 Å². The minimum Gasteiger partial charge on any atom is -0.466 e. The maximum Gasteiger partial charge on any atom is 0.309 e. The maximum atomic E-state index is 11.7. The number of carbonyl (C=O) groups is 1. The standard InChI is InChI=1S/C14H25IO3/c1-5-17-13(16)10-8-11(15)12(9-10)18-7-6-14(2,3)4/h10-12H,5-9H2,1-4H3. The first kappa shape index (κ1) is 16.2. The quantitative estimate of drug-likeness (QED) is 0.423. The van der Waals surface area contributed by atoms with Crippen LogP contribution in [0.25, 0.3) is 0 Å². The molecule has 0 heterocycles. The number of esters is 1.